The van der Waals surface area contributed by atoms with Crippen molar-refractivity contribution in [2.45, 2.75) is 33.1 Å². The van der Waals surface area contributed by atoms with Crippen LogP contribution >= 0.6 is 11.3 Å². The molecule has 0 spiro atoms. The highest BCUT2D eigenvalue weighted by Gasteiger charge is 2.18. The van der Waals surface area contributed by atoms with Gasteiger partial charge in [0.2, 0.25) is 17.6 Å². The number of carbonyl (C=O) groups excluding carboxylic acids is 1. The molecule has 0 saturated heterocycles. The molecule has 2 aromatic heterocycles. The van der Waals surface area contributed by atoms with E-state index in [-0.39, 0.29) is 24.8 Å². The molecule has 2 rings (SSSR count). The molecule has 0 aliphatic heterocycles. The number of carbonyl (C=O) groups is 2. The summed E-state index contributed by atoms with van der Waals surface area (Å²) in [5, 5.41) is 14.8. The fourth-order valence-corrected chi connectivity index (χ4v) is 2.92. The molecule has 1 N–H and O–H groups in total. The average molecular weight is 351 g/mol. The van der Waals surface area contributed by atoms with Gasteiger partial charge in [0, 0.05) is 19.4 Å². The number of thiophene rings is 1. The standard InChI is InChI=1S/C16H21N3O4S/c1-11(2)9-19(10-15(21)22)14(20)7-3-6-13-17-16(18-23-13)12-5-4-8-24-12/h4-5,8,11H,3,6-7,9-10H2,1-2H3,(H,21,22). The van der Waals surface area contributed by atoms with Crippen LogP contribution in [0.1, 0.15) is 32.6 Å². The van der Waals surface area contributed by atoms with Crippen molar-refractivity contribution < 1.29 is 19.2 Å². The highest BCUT2D eigenvalue weighted by Crippen LogP contribution is 2.21. The van der Waals surface area contributed by atoms with Crippen LogP contribution in [0.3, 0.4) is 0 Å². The van der Waals surface area contributed by atoms with Crippen LogP contribution in [-0.2, 0) is 16.0 Å². The summed E-state index contributed by atoms with van der Waals surface area (Å²) in [6.45, 7) is 4.08. The molecule has 7 nitrogen and oxygen atoms in total. The maximum atomic E-state index is 12.2. The first-order valence-corrected chi connectivity index (χ1v) is 8.69. The van der Waals surface area contributed by atoms with Crippen molar-refractivity contribution >= 4 is 23.2 Å². The molecule has 0 saturated carbocycles. The summed E-state index contributed by atoms with van der Waals surface area (Å²) in [7, 11) is 0. The summed E-state index contributed by atoms with van der Waals surface area (Å²) in [4.78, 5) is 29.7. The van der Waals surface area contributed by atoms with E-state index >= 15 is 0 Å². The average Bonchev–Trinajstić information content (AvgIpc) is 3.16. The lowest BCUT2D eigenvalue weighted by Crippen LogP contribution is -2.38. The Morgan fingerprint density at radius 1 is 1.42 bits per heavy atom. The smallest absolute Gasteiger partial charge is 0.323 e. The molecule has 8 heteroatoms. The van der Waals surface area contributed by atoms with E-state index in [1.165, 1.54) is 16.2 Å². The van der Waals surface area contributed by atoms with Crippen LogP contribution in [0.5, 0.6) is 0 Å². The molecule has 0 radical (unpaired) electrons. The largest absolute Gasteiger partial charge is 0.480 e. The molecule has 130 valence electrons. The molecule has 24 heavy (non-hydrogen) atoms. The third kappa shape index (κ3) is 5.45. The van der Waals surface area contributed by atoms with Crippen LogP contribution in [0.15, 0.2) is 22.0 Å². The van der Waals surface area contributed by atoms with Gasteiger partial charge < -0.3 is 14.5 Å². The minimum Gasteiger partial charge on any atom is -0.480 e. The molecular formula is C16H21N3O4S. The van der Waals surface area contributed by atoms with Crippen molar-refractivity contribution in [3.8, 4) is 10.7 Å². The minimum atomic E-state index is -0.999. The highest BCUT2D eigenvalue weighted by molar-refractivity contribution is 7.13. The molecule has 0 bridgehead atoms. The molecular weight excluding hydrogens is 330 g/mol. The Kier molecular flexibility index (Phi) is 6.48. The van der Waals surface area contributed by atoms with Crippen molar-refractivity contribution in [2.24, 2.45) is 5.92 Å². The van der Waals surface area contributed by atoms with E-state index < -0.39 is 5.97 Å². The summed E-state index contributed by atoms with van der Waals surface area (Å²) in [6, 6.07) is 3.83. The van der Waals surface area contributed by atoms with Gasteiger partial charge in [0.15, 0.2) is 0 Å². The highest BCUT2D eigenvalue weighted by atomic mass is 32.1. The number of amides is 1. The fourth-order valence-electron chi connectivity index (χ4n) is 2.27. The van der Waals surface area contributed by atoms with Gasteiger partial charge in [-0.05, 0) is 23.8 Å². The predicted octanol–water partition coefficient (Wildman–Crippen LogP) is 2.69. The van der Waals surface area contributed by atoms with Crippen molar-refractivity contribution in [1.82, 2.24) is 15.0 Å². The quantitative estimate of drug-likeness (QED) is 0.746. The van der Waals surface area contributed by atoms with E-state index in [1.807, 2.05) is 31.4 Å². The summed E-state index contributed by atoms with van der Waals surface area (Å²) < 4.78 is 5.19. The van der Waals surface area contributed by atoms with Crippen LogP contribution in [-0.4, -0.2) is 45.1 Å². The van der Waals surface area contributed by atoms with Crippen LogP contribution in [0.25, 0.3) is 10.7 Å². The second kappa shape index (κ2) is 8.58. The zero-order valence-corrected chi connectivity index (χ0v) is 14.6. The van der Waals surface area contributed by atoms with Gasteiger partial charge in [-0.2, -0.15) is 4.98 Å². The van der Waals surface area contributed by atoms with Gasteiger partial charge in [0.05, 0.1) is 4.88 Å². The second-order valence-electron chi connectivity index (χ2n) is 5.90. The maximum absolute atomic E-state index is 12.2. The normalized spacial score (nSPS) is 11.0. The Labute approximate surface area is 144 Å². The number of aromatic nitrogens is 2. The van der Waals surface area contributed by atoms with Crippen LogP contribution < -0.4 is 0 Å². The molecule has 0 aliphatic rings. The van der Waals surface area contributed by atoms with Gasteiger partial charge in [-0.1, -0.05) is 25.1 Å². The van der Waals surface area contributed by atoms with Crippen molar-refractivity contribution in [3.05, 3.63) is 23.4 Å². The summed E-state index contributed by atoms with van der Waals surface area (Å²) in [5.74, 6) is 0.0988. The molecule has 2 heterocycles. The number of nitrogens with zero attached hydrogens (tertiary/aromatic N) is 3. The third-order valence-electron chi connectivity index (χ3n) is 3.26. The monoisotopic (exact) mass is 351 g/mol. The second-order valence-corrected chi connectivity index (χ2v) is 6.85. The first-order chi connectivity index (χ1) is 11.5. The van der Waals surface area contributed by atoms with E-state index in [0.29, 0.717) is 31.1 Å². The zero-order chi connectivity index (χ0) is 17.5. The summed E-state index contributed by atoms with van der Waals surface area (Å²) in [6.07, 6.45) is 1.29. The minimum absolute atomic E-state index is 0.163. The number of hydrogen-bond donors (Lipinski definition) is 1. The van der Waals surface area contributed by atoms with E-state index in [4.69, 9.17) is 9.63 Å². The summed E-state index contributed by atoms with van der Waals surface area (Å²) in [5.41, 5.74) is 0. The molecule has 1 amide bonds. The molecule has 2 aromatic rings. The van der Waals surface area contributed by atoms with Crippen molar-refractivity contribution in [3.63, 3.8) is 0 Å². The Hall–Kier alpha value is -2.22. The van der Waals surface area contributed by atoms with Crippen molar-refractivity contribution in [2.75, 3.05) is 13.1 Å². The lowest BCUT2D eigenvalue weighted by Gasteiger charge is -2.22. The lowest BCUT2D eigenvalue weighted by molar-refractivity contribution is -0.144. The van der Waals surface area contributed by atoms with Gasteiger partial charge in [0.25, 0.3) is 0 Å². The first kappa shape index (κ1) is 18.1. The molecule has 0 unspecified atom stereocenters. The Balaban J connectivity index is 1.83. The van der Waals surface area contributed by atoms with Gasteiger partial charge in [-0.15, -0.1) is 11.3 Å². The molecule has 0 aliphatic carbocycles. The number of aryl methyl sites for hydroxylation is 1. The van der Waals surface area contributed by atoms with Gasteiger partial charge in [0.1, 0.15) is 6.54 Å². The number of hydrogen-bond acceptors (Lipinski definition) is 6. The molecule has 0 fully saturated rings. The Bertz CT molecular complexity index is 667. The fraction of sp³-hybridized carbons (Fsp3) is 0.500. The number of rotatable bonds is 9. The SMILES string of the molecule is CC(C)CN(CC(=O)O)C(=O)CCCc1nc(-c2cccs2)no1. The number of carboxylic acids is 1. The van der Waals surface area contributed by atoms with Gasteiger partial charge >= 0.3 is 5.97 Å². The zero-order valence-electron chi connectivity index (χ0n) is 13.8. The van der Waals surface area contributed by atoms with Crippen LogP contribution in [0.4, 0.5) is 0 Å². The lowest BCUT2D eigenvalue weighted by atomic mass is 10.1. The van der Waals surface area contributed by atoms with E-state index in [0.717, 1.165) is 4.88 Å². The molecule has 0 atom stereocenters. The first-order valence-electron chi connectivity index (χ1n) is 7.81. The van der Waals surface area contributed by atoms with Crippen molar-refractivity contribution in [1.29, 1.82) is 0 Å². The Morgan fingerprint density at radius 3 is 2.83 bits per heavy atom. The van der Waals surface area contributed by atoms with Gasteiger partial charge in [-0.3, -0.25) is 9.59 Å². The maximum Gasteiger partial charge on any atom is 0.323 e. The topological polar surface area (TPSA) is 96.5 Å². The van der Waals surface area contributed by atoms with Gasteiger partial charge in [-0.25, -0.2) is 0 Å². The molecule has 0 aromatic carbocycles. The van der Waals surface area contributed by atoms with E-state index in [9.17, 15) is 9.59 Å². The van der Waals surface area contributed by atoms with E-state index in [1.54, 1.807) is 0 Å². The Morgan fingerprint density at radius 2 is 2.21 bits per heavy atom. The van der Waals surface area contributed by atoms with E-state index in [2.05, 4.69) is 10.1 Å². The van der Waals surface area contributed by atoms with Crippen LogP contribution in [0, 0.1) is 5.92 Å². The third-order valence-corrected chi connectivity index (χ3v) is 4.12. The summed E-state index contributed by atoms with van der Waals surface area (Å²) >= 11 is 1.53. The van der Waals surface area contributed by atoms with Crippen LogP contribution in [0.2, 0.25) is 0 Å². The number of carboxylic acid groups (broad SMARTS) is 1. The number of aliphatic carboxylic acids is 1. The predicted molar refractivity (Wildman–Crippen MR) is 89.6 cm³/mol.